The lowest BCUT2D eigenvalue weighted by atomic mass is 9.88. The first-order chi connectivity index (χ1) is 6.93. The van der Waals surface area contributed by atoms with Crippen molar-refractivity contribution in [3.8, 4) is 0 Å². The number of carbonyl (C=O) groups excluding carboxylic acids is 1. The highest BCUT2D eigenvalue weighted by Crippen LogP contribution is 2.22. The number of rotatable bonds is 6. The molecule has 90 valence electrons. The molecule has 1 amide bonds. The first-order valence-corrected chi connectivity index (χ1v) is 5.47. The Labute approximate surface area is 92.0 Å². The van der Waals surface area contributed by atoms with Crippen molar-refractivity contribution >= 4 is 6.09 Å². The number of hydrogen-bond donors (Lipinski definition) is 2. The maximum absolute atomic E-state index is 11.2. The van der Waals surface area contributed by atoms with E-state index in [1.807, 2.05) is 27.7 Å². The van der Waals surface area contributed by atoms with Crippen molar-refractivity contribution in [1.29, 1.82) is 0 Å². The molecule has 15 heavy (non-hydrogen) atoms. The highest BCUT2D eigenvalue weighted by molar-refractivity contribution is 5.67. The zero-order chi connectivity index (χ0) is 11.9. The SMILES string of the molecule is CCC[C@@](C)(CO)COC(=O)NC(C)C. The summed E-state index contributed by atoms with van der Waals surface area (Å²) in [6.45, 7) is 8.00. The summed E-state index contributed by atoms with van der Waals surface area (Å²) in [6.07, 6.45) is 1.39. The van der Waals surface area contributed by atoms with Gasteiger partial charge in [0, 0.05) is 11.5 Å². The Kier molecular flexibility index (Phi) is 6.32. The van der Waals surface area contributed by atoms with Gasteiger partial charge in [-0.3, -0.25) is 0 Å². The molecule has 0 aliphatic carbocycles. The quantitative estimate of drug-likeness (QED) is 0.714. The summed E-state index contributed by atoms with van der Waals surface area (Å²) in [5.74, 6) is 0. The lowest BCUT2D eigenvalue weighted by Crippen LogP contribution is -2.35. The first-order valence-electron chi connectivity index (χ1n) is 5.47. The van der Waals surface area contributed by atoms with Gasteiger partial charge in [-0.1, -0.05) is 20.3 Å². The van der Waals surface area contributed by atoms with Gasteiger partial charge >= 0.3 is 6.09 Å². The molecule has 0 unspecified atom stereocenters. The second kappa shape index (κ2) is 6.67. The van der Waals surface area contributed by atoms with E-state index >= 15 is 0 Å². The predicted molar refractivity (Wildman–Crippen MR) is 59.7 cm³/mol. The predicted octanol–water partition coefficient (Wildman–Crippen LogP) is 1.92. The number of alkyl carbamates (subject to hydrolysis) is 1. The fraction of sp³-hybridized carbons (Fsp3) is 0.909. The minimum Gasteiger partial charge on any atom is -0.449 e. The lowest BCUT2D eigenvalue weighted by molar-refractivity contribution is 0.0427. The van der Waals surface area contributed by atoms with Crippen LogP contribution in [0.15, 0.2) is 0 Å². The van der Waals surface area contributed by atoms with Gasteiger partial charge in [-0.15, -0.1) is 0 Å². The minimum absolute atomic E-state index is 0.0375. The van der Waals surface area contributed by atoms with Crippen molar-refractivity contribution in [3.63, 3.8) is 0 Å². The highest BCUT2D eigenvalue weighted by Gasteiger charge is 2.24. The Hall–Kier alpha value is -0.770. The standard InChI is InChI=1S/C11H23NO3/c1-5-6-11(4,7-13)8-15-10(14)12-9(2)3/h9,13H,5-8H2,1-4H3,(H,12,14)/t11-/m0/s1. The molecule has 0 radical (unpaired) electrons. The zero-order valence-corrected chi connectivity index (χ0v) is 10.2. The third-order valence-electron chi connectivity index (χ3n) is 2.19. The summed E-state index contributed by atoms with van der Waals surface area (Å²) in [4.78, 5) is 11.2. The fourth-order valence-corrected chi connectivity index (χ4v) is 1.32. The summed E-state index contributed by atoms with van der Waals surface area (Å²) < 4.78 is 5.05. The molecule has 1 atom stereocenters. The minimum atomic E-state index is -0.416. The van der Waals surface area contributed by atoms with Crippen LogP contribution in [0.1, 0.15) is 40.5 Å². The monoisotopic (exact) mass is 217 g/mol. The normalized spacial score (nSPS) is 14.8. The van der Waals surface area contributed by atoms with E-state index in [1.54, 1.807) is 0 Å². The molecule has 0 saturated carbocycles. The van der Waals surface area contributed by atoms with Crippen LogP contribution >= 0.6 is 0 Å². The van der Waals surface area contributed by atoms with E-state index in [-0.39, 0.29) is 24.7 Å². The van der Waals surface area contributed by atoms with Crippen LogP contribution in [0.5, 0.6) is 0 Å². The van der Waals surface area contributed by atoms with Gasteiger partial charge in [-0.05, 0) is 20.3 Å². The van der Waals surface area contributed by atoms with Gasteiger partial charge in [0.2, 0.25) is 0 Å². The molecule has 0 aromatic carbocycles. The van der Waals surface area contributed by atoms with E-state index in [9.17, 15) is 9.90 Å². The Morgan fingerprint density at radius 1 is 1.53 bits per heavy atom. The largest absolute Gasteiger partial charge is 0.449 e. The van der Waals surface area contributed by atoms with E-state index < -0.39 is 6.09 Å². The number of amides is 1. The van der Waals surface area contributed by atoms with Gasteiger partial charge in [0.15, 0.2) is 0 Å². The number of carbonyl (C=O) groups is 1. The first kappa shape index (κ1) is 14.2. The molecule has 0 aromatic heterocycles. The molecule has 0 aliphatic rings. The Morgan fingerprint density at radius 2 is 2.13 bits per heavy atom. The van der Waals surface area contributed by atoms with Crippen LogP contribution in [-0.2, 0) is 4.74 Å². The van der Waals surface area contributed by atoms with Crippen molar-refractivity contribution in [3.05, 3.63) is 0 Å². The lowest BCUT2D eigenvalue weighted by Gasteiger charge is -2.26. The highest BCUT2D eigenvalue weighted by atomic mass is 16.5. The van der Waals surface area contributed by atoms with Gasteiger partial charge in [0.1, 0.15) is 6.61 Å². The molecule has 4 nitrogen and oxygen atoms in total. The van der Waals surface area contributed by atoms with Crippen LogP contribution in [0, 0.1) is 5.41 Å². The molecule has 0 rings (SSSR count). The molecule has 2 N–H and O–H groups in total. The van der Waals surface area contributed by atoms with Crippen molar-refractivity contribution < 1.29 is 14.6 Å². The number of ether oxygens (including phenoxy) is 1. The fourth-order valence-electron chi connectivity index (χ4n) is 1.32. The van der Waals surface area contributed by atoms with Crippen LogP contribution in [0.3, 0.4) is 0 Å². The number of aliphatic hydroxyl groups excluding tert-OH is 1. The van der Waals surface area contributed by atoms with Crippen LogP contribution in [0.4, 0.5) is 4.79 Å². The second-order valence-electron chi connectivity index (χ2n) is 4.59. The van der Waals surface area contributed by atoms with E-state index in [2.05, 4.69) is 5.32 Å². The van der Waals surface area contributed by atoms with Crippen molar-refractivity contribution in [2.45, 2.75) is 46.6 Å². The Morgan fingerprint density at radius 3 is 2.53 bits per heavy atom. The van der Waals surface area contributed by atoms with Gasteiger partial charge in [-0.2, -0.15) is 0 Å². The third kappa shape index (κ3) is 6.33. The summed E-state index contributed by atoms with van der Waals surface area (Å²) in [5, 5.41) is 11.8. The average molecular weight is 217 g/mol. The molecular formula is C11H23NO3. The summed E-state index contributed by atoms with van der Waals surface area (Å²) in [5.41, 5.74) is -0.316. The Balaban J connectivity index is 3.94. The molecule has 0 spiro atoms. The molecule has 0 aliphatic heterocycles. The topological polar surface area (TPSA) is 58.6 Å². The smallest absolute Gasteiger partial charge is 0.407 e. The molecule has 0 fully saturated rings. The van der Waals surface area contributed by atoms with Gasteiger partial charge < -0.3 is 15.2 Å². The van der Waals surface area contributed by atoms with E-state index in [1.165, 1.54) is 0 Å². The maximum atomic E-state index is 11.2. The van der Waals surface area contributed by atoms with Gasteiger partial charge in [0.05, 0.1) is 6.61 Å². The zero-order valence-electron chi connectivity index (χ0n) is 10.2. The van der Waals surface area contributed by atoms with E-state index in [0.717, 1.165) is 12.8 Å². The molecule has 0 bridgehead atoms. The van der Waals surface area contributed by atoms with Gasteiger partial charge in [-0.25, -0.2) is 4.79 Å². The maximum Gasteiger partial charge on any atom is 0.407 e. The van der Waals surface area contributed by atoms with Crippen molar-refractivity contribution in [2.75, 3.05) is 13.2 Å². The number of aliphatic hydroxyl groups is 1. The molecular weight excluding hydrogens is 194 g/mol. The van der Waals surface area contributed by atoms with Crippen LogP contribution in [0.25, 0.3) is 0 Å². The van der Waals surface area contributed by atoms with Crippen molar-refractivity contribution in [1.82, 2.24) is 5.32 Å². The average Bonchev–Trinajstić information content (AvgIpc) is 2.14. The van der Waals surface area contributed by atoms with Crippen LogP contribution < -0.4 is 5.32 Å². The third-order valence-corrected chi connectivity index (χ3v) is 2.19. The van der Waals surface area contributed by atoms with E-state index in [4.69, 9.17) is 4.74 Å². The summed E-state index contributed by atoms with van der Waals surface area (Å²) in [6, 6.07) is 0.0732. The molecule has 0 saturated heterocycles. The van der Waals surface area contributed by atoms with E-state index in [0.29, 0.717) is 0 Å². The Bertz CT molecular complexity index is 194. The molecule has 0 aromatic rings. The van der Waals surface area contributed by atoms with Crippen LogP contribution in [-0.4, -0.2) is 30.5 Å². The number of hydrogen-bond acceptors (Lipinski definition) is 3. The summed E-state index contributed by atoms with van der Waals surface area (Å²) in [7, 11) is 0. The molecule has 0 heterocycles. The molecule has 4 heteroatoms. The second-order valence-corrected chi connectivity index (χ2v) is 4.59. The van der Waals surface area contributed by atoms with Crippen LogP contribution in [0.2, 0.25) is 0 Å². The van der Waals surface area contributed by atoms with Crippen molar-refractivity contribution in [2.24, 2.45) is 5.41 Å². The van der Waals surface area contributed by atoms with Gasteiger partial charge in [0.25, 0.3) is 0 Å². The summed E-state index contributed by atoms with van der Waals surface area (Å²) >= 11 is 0. The number of nitrogens with one attached hydrogen (secondary N) is 1.